The van der Waals surface area contributed by atoms with Crippen LogP contribution in [0.2, 0.25) is 0 Å². The summed E-state index contributed by atoms with van der Waals surface area (Å²) >= 11 is 4.54. The van der Waals surface area contributed by atoms with Gasteiger partial charge in [0.15, 0.2) is 5.16 Å². The van der Waals surface area contributed by atoms with Crippen molar-refractivity contribution < 1.29 is 27.1 Å². The van der Waals surface area contributed by atoms with E-state index in [1.54, 1.807) is 37.3 Å². The zero-order chi connectivity index (χ0) is 25.2. The molecule has 0 aliphatic heterocycles. The maximum atomic E-state index is 14.3. The Hall–Kier alpha value is -2.85. The number of imidazole rings is 1. The number of nitrogens with zero attached hydrogens (tertiary/aromatic N) is 2. The molecule has 35 heavy (non-hydrogen) atoms. The number of thioether (sulfide) groups is 1. The molecule has 4 nitrogen and oxygen atoms in total. The zero-order valence-corrected chi connectivity index (χ0v) is 20.8. The highest BCUT2D eigenvalue weighted by Gasteiger charge is 2.30. The van der Waals surface area contributed by atoms with Gasteiger partial charge in [0.05, 0.1) is 35.3 Å². The molecule has 1 heterocycles. The largest absolute Gasteiger partial charge is 0.462 e. The molecule has 0 saturated carbocycles. The summed E-state index contributed by atoms with van der Waals surface area (Å²) in [6.07, 6.45) is -4.42. The number of alkyl halides is 3. The van der Waals surface area contributed by atoms with Crippen molar-refractivity contribution in [2.45, 2.75) is 30.6 Å². The number of benzene rings is 3. The van der Waals surface area contributed by atoms with E-state index in [4.69, 9.17) is 4.74 Å². The Labute approximate surface area is 211 Å². The first-order valence-electron chi connectivity index (χ1n) is 10.6. The van der Waals surface area contributed by atoms with Crippen LogP contribution in [-0.4, -0.2) is 22.1 Å². The topological polar surface area (TPSA) is 44.1 Å². The number of fused-ring (bicyclic) bond motifs is 1. The van der Waals surface area contributed by atoms with Crippen LogP contribution in [0.5, 0.6) is 0 Å². The van der Waals surface area contributed by atoms with Crippen molar-refractivity contribution >= 4 is 44.7 Å². The number of halogens is 5. The van der Waals surface area contributed by atoms with E-state index in [-0.39, 0.29) is 19.0 Å². The lowest BCUT2D eigenvalue weighted by Gasteiger charge is -2.11. The van der Waals surface area contributed by atoms with Crippen LogP contribution in [0.4, 0.5) is 17.6 Å². The van der Waals surface area contributed by atoms with Gasteiger partial charge >= 0.3 is 12.1 Å². The number of carbonyl (C=O) groups excluding carboxylic acids is 1. The average Bonchev–Trinajstić information content (AvgIpc) is 3.15. The Morgan fingerprint density at radius 2 is 1.83 bits per heavy atom. The summed E-state index contributed by atoms with van der Waals surface area (Å²) in [6, 6.07) is 14.7. The quantitative estimate of drug-likeness (QED) is 0.132. The van der Waals surface area contributed by atoms with Gasteiger partial charge in [0.2, 0.25) is 0 Å². The molecule has 0 saturated heterocycles. The number of esters is 1. The fourth-order valence-corrected chi connectivity index (χ4v) is 4.81. The first-order chi connectivity index (χ1) is 16.7. The predicted octanol–water partition coefficient (Wildman–Crippen LogP) is 7.47. The van der Waals surface area contributed by atoms with Gasteiger partial charge < -0.3 is 9.30 Å². The number of carbonyl (C=O) groups is 1. The molecule has 0 aliphatic rings. The highest BCUT2D eigenvalue weighted by Crippen LogP contribution is 2.32. The molecule has 0 bridgehead atoms. The minimum absolute atomic E-state index is 0.235. The van der Waals surface area contributed by atoms with Crippen molar-refractivity contribution in [3.8, 4) is 0 Å². The second-order valence-electron chi connectivity index (χ2n) is 7.62. The van der Waals surface area contributed by atoms with Crippen molar-refractivity contribution in [1.29, 1.82) is 0 Å². The van der Waals surface area contributed by atoms with Crippen molar-refractivity contribution in [2.75, 3.05) is 6.61 Å². The summed E-state index contributed by atoms with van der Waals surface area (Å²) in [5.74, 6) is -0.542. The Balaban J connectivity index is 1.69. The molecule has 0 radical (unpaired) electrons. The summed E-state index contributed by atoms with van der Waals surface area (Å²) in [5, 5.41) is 0.545. The minimum Gasteiger partial charge on any atom is -0.462 e. The van der Waals surface area contributed by atoms with Gasteiger partial charge in [-0.25, -0.2) is 14.2 Å². The predicted molar refractivity (Wildman–Crippen MR) is 130 cm³/mol. The Morgan fingerprint density at radius 3 is 2.49 bits per heavy atom. The second kappa shape index (κ2) is 10.4. The molecular formula is C25H19BrF4N2O2S. The molecule has 4 aromatic rings. The van der Waals surface area contributed by atoms with E-state index in [0.29, 0.717) is 43.1 Å². The van der Waals surface area contributed by atoms with Crippen LogP contribution in [-0.2, 0) is 23.2 Å². The Bertz CT molecular complexity index is 1370. The van der Waals surface area contributed by atoms with Gasteiger partial charge in [0, 0.05) is 10.2 Å². The zero-order valence-electron chi connectivity index (χ0n) is 18.4. The van der Waals surface area contributed by atoms with Gasteiger partial charge in [0.1, 0.15) is 5.82 Å². The van der Waals surface area contributed by atoms with Crippen LogP contribution in [0.25, 0.3) is 11.0 Å². The van der Waals surface area contributed by atoms with Crippen LogP contribution in [0.3, 0.4) is 0 Å². The molecule has 0 amide bonds. The molecule has 10 heteroatoms. The molecule has 0 N–H and O–H groups in total. The Morgan fingerprint density at radius 1 is 1.09 bits per heavy atom. The summed E-state index contributed by atoms with van der Waals surface area (Å²) in [5.41, 5.74) is 1.96. The van der Waals surface area contributed by atoms with Gasteiger partial charge in [0.25, 0.3) is 0 Å². The molecule has 3 aromatic carbocycles. The maximum Gasteiger partial charge on any atom is 0.416 e. The standard InChI is InChI=1S/C25H19BrF4N2O2S/c1-2-34-23(33)16-6-10-22-21(11-16)31-24(35-14-17-5-9-19(26)12-20(17)27)32(22)13-15-3-7-18(8-4-15)25(28,29)30/h3-12H,2,13-14H2,1H3. The highest BCUT2D eigenvalue weighted by atomic mass is 79.9. The third kappa shape index (κ3) is 5.87. The van der Waals surface area contributed by atoms with Crippen molar-refractivity contribution in [2.24, 2.45) is 0 Å². The van der Waals surface area contributed by atoms with E-state index < -0.39 is 17.7 Å². The van der Waals surface area contributed by atoms with Crippen LogP contribution in [0.15, 0.2) is 70.3 Å². The third-order valence-corrected chi connectivity index (χ3v) is 6.74. The number of ether oxygens (including phenoxy) is 1. The Kier molecular flexibility index (Phi) is 7.51. The third-order valence-electron chi connectivity index (χ3n) is 5.22. The van der Waals surface area contributed by atoms with Gasteiger partial charge in [-0.05, 0) is 60.5 Å². The first kappa shape index (κ1) is 25.2. The SMILES string of the molecule is CCOC(=O)c1ccc2c(c1)nc(SCc1ccc(Br)cc1F)n2Cc1ccc(C(F)(F)F)cc1. The molecule has 0 unspecified atom stereocenters. The molecular weight excluding hydrogens is 548 g/mol. The number of hydrogen-bond donors (Lipinski definition) is 0. The van der Waals surface area contributed by atoms with Gasteiger partial charge in [-0.1, -0.05) is 45.9 Å². The summed E-state index contributed by atoms with van der Waals surface area (Å²) in [4.78, 5) is 16.8. The van der Waals surface area contributed by atoms with E-state index in [1.807, 2.05) is 4.57 Å². The molecule has 0 aliphatic carbocycles. The van der Waals surface area contributed by atoms with Gasteiger partial charge in [-0.15, -0.1) is 0 Å². The average molecular weight is 567 g/mol. The van der Waals surface area contributed by atoms with Gasteiger partial charge in [-0.2, -0.15) is 13.2 Å². The van der Waals surface area contributed by atoms with E-state index in [0.717, 1.165) is 12.1 Å². The summed E-state index contributed by atoms with van der Waals surface area (Å²) < 4.78 is 60.7. The van der Waals surface area contributed by atoms with Crippen molar-refractivity contribution in [3.05, 3.63) is 93.2 Å². The monoisotopic (exact) mass is 566 g/mol. The number of hydrogen-bond acceptors (Lipinski definition) is 4. The fourth-order valence-electron chi connectivity index (χ4n) is 3.47. The lowest BCUT2D eigenvalue weighted by Crippen LogP contribution is -2.06. The molecule has 0 fully saturated rings. The smallest absolute Gasteiger partial charge is 0.416 e. The van der Waals surface area contributed by atoms with Crippen LogP contribution in [0, 0.1) is 5.82 Å². The van der Waals surface area contributed by atoms with E-state index in [9.17, 15) is 22.4 Å². The first-order valence-corrected chi connectivity index (χ1v) is 12.3. The van der Waals surface area contributed by atoms with Crippen molar-refractivity contribution in [3.63, 3.8) is 0 Å². The van der Waals surface area contributed by atoms with Crippen LogP contribution in [0.1, 0.15) is 34.0 Å². The van der Waals surface area contributed by atoms with Crippen molar-refractivity contribution in [1.82, 2.24) is 9.55 Å². The molecule has 182 valence electrons. The summed E-state index contributed by atoms with van der Waals surface area (Å²) in [6.45, 7) is 2.20. The second-order valence-corrected chi connectivity index (χ2v) is 9.48. The molecule has 1 aromatic heterocycles. The molecule has 4 rings (SSSR count). The fraction of sp³-hybridized carbons (Fsp3) is 0.200. The minimum atomic E-state index is -4.42. The number of rotatable bonds is 7. The van der Waals surface area contributed by atoms with E-state index in [1.165, 1.54) is 30.0 Å². The normalized spacial score (nSPS) is 11.7. The number of aromatic nitrogens is 2. The summed E-state index contributed by atoms with van der Waals surface area (Å²) in [7, 11) is 0. The van der Waals surface area contributed by atoms with Crippen LogP contribution >= 0.6 is 27.7 Å². The molecule has 0 spiro atoms. The highest BCUT2D eigenvalue weighted by molar-refractivity contribution is 9.10. The van der Waals surface area contributed by atoms with Crippen LogP contribution < -0.4 is 0 Å². The van der Waals surface area contributed by atoms with E-state index in [2.05, 4.69) is 20.9 Å². The maximum absolute atomic E-state index is 14.3. The lowest BCUT2D eigenvalue weighted by molar-refractivity contribution is -0.137. The lowest BCUT2D eigenvalue weighted by atomic mass is 10.1. The molecule has 0 atom stereocenters. The van der Waals surface area contributed by atoms with Gasteiger partial charge in [-0.3, -0.25) is 0 Å². The van der Waals surface area contributed by atoms with E-state index >= 15 is 0 Å².